The summed E-state index contributed by atoms with van der Waals surface area (Å²) in [6, 6.07) is 1.74. The van der Waals surface area contributed by atoms with Crippen molar-refractivity contribution in [1.82, 2.24) is 10.0 Å². The Hall–Kier alpha value is -0.430. The molecular weight excluding hydrogens is 268 g/mol. The predicted molar refractivity (Wildman–Crippen MR) is 76.5 cm³/mol. The van der Waals surface area contributed by atoms with E-state index in [1.165, 1.54) is 11.3 Å². The molecule has 0 saturated carbocycles. The smallest absolute Gasteiger partial charge is 0.241 e. The first-order valence-electron chi connectivity index (χ1n) is 6.23. The van der Waals surface area contributed by atoms with Crippen LogP contribution >= 0.6 is 11.3 Å². The molecule has 0 aliphatic heterocycles. The minimum atomic E-state index is -3.37. The molecule has 0 aliphatic rings. The number of rotatable bonds is 7. The third-order valence-corrected chi connectivity index (χ3v) is 5.63. The number of aryl methyl sites for hydroxylation is 1. The van der Waals surface area contributed by atoms with Crippen molar-refractivity contribution in [2.24, 2.45) is 0 Å². The Kier molecular flexibility index (Phi) is 5.78. The molecule has 0 fully saturated rings. The number of hydrogen-bond acceptors (Lipinski definition) is 4. The summed E-state index contributed by atoms with van der Waals surface area (Å²) in [4.78, 5) is 2.32. The Morgan fingerprint density at radius 3 is 2.61 bits per heavy atom. The quantitative estimate of drug-likeness (QED) is 0.809. The van der Waals surface area contributed by atoms with Gasteiger partial charge in [-0.05, 0) is 32.9 Å². The maximum Gasteiger partial charge on any atom is 0.241 e. The van der Waals surface area contributed by atoms with Crippen LogP contribution in [0.25, 0.3) is 0 Å². The van der Waals surface area contributed by atoms with Crippen LogP contribution in [0.4, 0.5) is 0 Å². The van der Waals surface area contributed by atoms with Crippen LogP contribution in [0.3, 0.4) is 0 Å². The van der Waals surface area contributed by atoms with Crippen molar-refractivity contribution >= 4 is 21.4 Å². The lowest BCUT2D eigenvalue weighted by Crippen LogP contribution is -2.32. The van der Waals surface area contributed by atoms with Crippen LogP contribution in [0.5, 0.6) is 0 Å². The van der Waals surface area contributed by atoms with Crippen LogP contribution in [0.15, 0.2) is 11.0 Å². The molecule has 0 bridgehead atoms. The Morgan fingerprint density at radius 2 is 2.06 bits per heavy atom. The van der Waals surface area contributed by atoms with Gasteiger partial charge in [-0.2, -0.15) is 0 Å². The van der Waals surface area contributed by atoms with Gasteiger partial charge in [-0.15, -0.1) is 11.3 Å². The highest BCUT2D eigenvalue weighted by Crippen LogP contribution is 2.25. The van der Waals surface area contributed by atoms with Crippen molar-refractivity contribution in [2.45, 2.75) is 51.6 Å². The first-order chi connectivity index (χ1) is 8.40. The lowest BCUT2D eigenvalue weighted by molar-refractivity contribution is 0.555. The van der Waals surface area contributed by atoms with E-state index in [-0.39, 0.29) is 6.04 Å². The van der Waals surface area contributed by atoms with Gasteiger partial charge in [0.1, 0.15) is 0 Å². The molecule has 0 aromatic carbocycles. The summed E-state index contributed by atoms with van der Waals surface area (Å²) in [6.07, 6.45) is 0.784. The van der Waals surface area contributed by atoms with Gasteiger partial charge < -0.3 is 5.32 Å². The molecule has 6 heteroatoms. The lowest BCUT2D eigenvalue weighted by Gasteiger charge is -2.11. The Labute approximate surface area is 114 Å². The Morgan fingerprint density at radius 1 is 1.39 bits per heavy atom. The molecular formula is C12H22N2O2S2. The van der Waals surface area contributed by atoms with Crippen LogP contribution in [0.1, 0.15) is 36.9 Å². The second kappa shape index (κ2) is 6.65. The fourth-order valence-electron chi connectivity index (χ4n) is 1.54. The minimum Gasteiger partial charge on any atom is -0.312 e. The largest absolute Gasteiger partial charge is 0.312 e. The molecule has 0 spiro atoms. The van der Waals surface area contributed by atoms with Crippen LogP contribution in [0, 0.1) is 6.92 Å². The SMILES string of the molecule is CCNCc1cc(S(=O)(=O)NC(C)CC)c(C)s1. The first-order valence-corrected chi connectivity index (χ1v) is 8.53. The van der Waals surface area contributed by atoms with E-state index >= 15 is 0 Å². The maximum atomic E-state index is 12.2. The normalized spacial score (nSPS) is 13.8. The fourth-order valence-corrected chi connectivity index (χ4v) is 4.47. The zero-order chi connectivity index (χ0) is 13.8. The van der Waals surface area contributed by atoms with E-state index in [1.54, 1.807) is 6.07 Å². The van der Waals surface area contributed by atoms with Crippen molar-refractivity contribution in [1.29, 1.82) is 0 Å². The molecule has 2 N–H and O–H groups in total. The second-order valence-corrected chi connectivity index (χ2v) is 7.37. The summed E-state index contributed by atoms with van der Waals surface area (Å²) < 4.78 is 27.1. The highest BCUT2D eigenvalue weighted by atomic mass is 32.2. The van der Waals surface area contributed by atoms with E-state index in [2.05, 4.69) is 10.0 Å². The van der Waals surface area contributed by atoms with Crippen LogP contribution < -0.4 is 10.0 Å². The summed E-state index contributed by atoms with van der Waals surface area (Å²) >= 11 is 1.53. The molecule has 1 rings (SSSR count). The van der Waals surface area contributed by atoms with Gasteiger partial charge in [0, 0.05) is 22.3 Å². The molecule has 1 aromatic rings. The molecule has 18 heavy (non-hydrogen) atoms. The topological polar surface area (TPSA) is 58.2 Å². The molecule has 1 heterocycles. The zero-order valence-electron chi connectivity index (χ0n) is 11.4. The van der Waals surface area contributed by atoms with Gasteiger partial charge in [-0.3, -0.25) is 0 Å². The summed E-state index contributed by atoms with van der Waals surface area (Å²) in [6.45, 7) is 9.32. The van der Waals surface area contributed by atoms with Gasteiger partial charge in [0.15, 0.2) is 0 Å². The van der Waals surface area contributed by atoms with Crippen molar-refractivity contribution < 1.29 is 8.42 Å². The Bertz CT molecular complexity index is 480. The van der Waals surface area contributed by atoms with Crippen LogP contribution in [-0.2, 0) is 16.6 Å². The van der Waals surface area contributed by atoms with Gasteiger partial charge >= 0.3 is 0 Å². The van der Waals surface area contributed by atoms with E-state index in [4.69, 9.17) is 0 Å². The summed E-state index contributed by atoms with van der Waals surface area (Å²) in [5.41, 5.74) is 0. The van der Waals surface area contributed by atoms with Crippen molar-refractivity contribution in [3.8, 4) is 0 Å². The third kappa shape index (κ3) is 4.05. The van der Waals surface area contributed by atoms with Gasteiger partial charge in [-0.1, -0.05) is 13.8 Å². The van der Waals surface area contributed by atoms with E-state index in [0.29, 0.717) is 4.90 Å². The molecule has 104 valence electrons. The second-order valence-electron chi connectivity index (χ2n) is 4.34. The van der Waals surface area contributed by atoms with Crippen LogP contribution in [-0.4, -0.2) is 21.0 Å². The van der Waals surface area contributed by atoms with Crippen molar-refractivity contribution in [3.05, 3.63) is 15.8 Å². The van der Waals surface area contributed by atoms with E-state index in [9.17, 15) is 8.42 Å². The summed E-state index contributed by atoms with van der Waals surface area (Å²) in [7, 11) is -3.37. The Balaban J connectivity index is 2.91. The van der Waals surface area contributed by atoms with Crippen molar-refractivity contribution in [2.75, 3.05) is 6.54 Å². The lowest BCUT2D eigenvalue weighted by atomic mass is 10.3. The minimum absolute atomic E-state index is 0.0356. The molecule has 1 unspecified atom stereocenters. The highest BCUT2D eigenvalue weighted by molar-refractivity contribution is 7.89. The predicted octanol–water partition coefficient (Wildman–Crippen LogP) is 2.24. The number of hydrogen-bond donors (Lipinski definition) is 2. The summed E-state index contributed by atoms with van der Waals surface area (Å²) in [5.74, 6) is 0. The van der Waals surface area contributed by atoms with E-state index in [1.807, 2.05) is 27.7 Å². The van der Waals surface area contributed by atoms with Gasteiger partial charge in [0.05, 0.1) is 4.90 Å². The number of nitrogens with one attached hydrogen (secondary N) is 2. The summed E-state index contributed by atoms with van der Waals surface area (Å²) in [5, 5.41) is 3.20. The molecule has 1 aromatic heterocycles. The van der Waals surface area contributed by atoms with E-state index in [0.717, 1.165) is 29.3 Å². The standard InChI is InChI=1S/C12H22N2O2S2/c1-5-9(3)14-18(15,16)12-7-11(8-13-6-2)17-10(12)4/h7,9,13-14H,5-6,8H2,1-4H3. The van der Waals surface area contributed by atoms with Gasteiger partial charge in [0.2, 0.25) is 10.0 Å². The van der Waals surface area contributed by atoms with Crippen molar-refractivity contribution in [3.63, 3.8) is 0 Å². The number of sulfonamides is 1. The molecule has 4 nitrogen and oxygen atoms in total. The van der Waals surface area contributed by atoms with Crippen LogP contribution in [0.2, 0.25) is 0 Å². The van der Waals surface area contributed by atoms with E-state index < -0.39 is 10.0 Å². The molecule has 1 atom stereocenters. The zero-order valence-corrected chi connectivity index (χ0v) is 13.0. The molecule has 0 radical (unpaired) electrons. The fraction of sp³-hybridized carbons (Fsp3) is 0.667. The number of thiophene rings is 1. The van der Waals surface area contributed by atoms with Gasteiger partial charge in [0.25, 0.3) is 0 Å². The first kappa shape index (κ1) is 15.6. The average Bonchev–Trinajstić information content (AvgIpc) is 2.68. The van der Waals surface area contributed by atoms with Gasteiger partial charge in [-0.25, -0.2) is 13.1 Å². The monoisotopic (exact) mass is 290 g/mol. The third-order valence-electron chi connectivity index (χ3n) is 2.73. The molecule has 0 aliphatic carbocycles. The molecule has 0 saturated heterocycles. The highest BCUT2D eigenvalue weighted by Gasteiger charge is 2.21. The average molecular weight is 290 g/mol. The maximum absolute atomic E-state index is 12.2. The molecule has 0 amide bonds.